The summed E-state index contributed by atoms with van der Waals surface area (Å²) in [4.78, 5) is 11.1. The van der Waals surface area contributed by atoms with Crippen LogP contribution in [0.5, 0.6) is 0 Å². The lowest BCUT2D eigenvalue weighted by atomic mass is 9.72. The van der Waals surface area contributed by atoms with Gasteiger partial charge in [-0.05, 0) is 25.7 Å². The third-order valence-electron chi connectivity index (χ3n) is 2.86. The lowest BCUT2D eigenvalue weighted by molar-refractivity contribution is -0.125. The Bertz CT molecular complexity index is 145. The van der Waals surface area contributed by atoms with Crippen molar-refractivity contribution in [1.29, 1.82) is 0 Å². The first-order chi connectivity index (χ1) is 4.80. The van der Waals surface area contributed by atoms with E-state index in [2.05, 4.69) is 27.7 Å². The van der Waals surface area contributed by atoms with Gasteiger partial charge in [0.05, 0.1) is 5.41 Å². The smallest absolute Gasteiger partial charge is 0.243 e. The predicted molar refractivity (Wildman–Crippen MR) is 48.1 cm³/mol. The van der Waals surface area contributed by atoms with E-state index in [1.807, 2.05) is 13.8 Å². The van der Waals surface area contributed by atoms with Crippen LogP contribution in [0.15, 0.2) is 0 Å². The number of rotatable bonds is 3. The monoisotopic (exact) mass is 155 g/mol. The number of Topliss-reactive ketones (excluding diaryl/α,β-unsaturated/α-hetero) is 1. The zero-order valence-electron chi connectivity index (χ0n) is 8.27. The van der Waals surface area contributed by atoms with Gasteiger partial charge in [-0.2, -0.15) is 0 Å². The van der Waals surface area contributed by atoms with Gasteiger partial charge < -0.3 is 0 Å². The molecule has 0 aromatic rings. The molecule has 0 amide bonds. The summed E-state index contributed by atoms with van der Waals surface area (Å²) in [7, 11) is 0. The highest BCUT2D eigenvalue weighted by atomic mass is 16.1. The molecule has 0 aromatic carbocycles. The van der Waals surface area contributed by atoms with Gasteiger partial charge in [0, 0.05) is 0 Å². The lowest BCUT2D eigenvalue weighted by Crippen LogP contribution is -2.32. The second-order valence-corrected chi connectivity index (χ2v) is 4.18. The summed E-state index contributed by atoms with van der Waals surface area (Å²) in [6.07, 6.45) is 0. The Kier molecular flexibility index (Phi) is 3.15. The highest BCUT2D eigenvalue weighted by Crippen LogP contribution is 2.32. The van der Waals surface area contributed by atoms with E-state index in [1.54, 1.807) is 0 Å². The van der Waals surface area contributed by atoms with Crippen molar-refractivity contribution in [3.63, 3.8) is 0 Å². The van der Waals surface area contributed by atoms with Crippen LogP contribution in [0.25, 0.3) is 0 Å². The molecule has 0 fully saturated rings. The molecule has 64 valence electrons. The molecular formula is C10H19O+. The maximum Gasteiger partial charge on any atom is 0.309 e. The summed E-state index contributed by atoms with van der Waals surface area (Å²) in [5, 5.41) is 0. The van der Waals surface area contributed by atoms with E-state index in [-0.39, 0.29) is 11.2 Å². The average molecular weight is 155 g/mol. The molecule has 0 heterocycles. The lowest BCUT2D eigenvalue weighted by Gasteiger charge is -2.28. The van der Waals surface area contributed by atoms with Crippen LogP contribution in [0.4, 0.5) is 0 Å². The van der Waals surface area contributed by atoms with E-state index in [1.165, 1.54) is 0 Å². The van der Waals surface area contributed by atoms with Crippen LogP contribution in [0.1, 0.15) is 34.6 Å². The summed E-state index contributed by atoms with van der Waals surface area (Å²) < 4.78 is 0. The van der Waals surface area contributed by atoms with Gasteiger partial charge in [0.25, 0.3) is 0 Å². The van der Waals surface area contributed by atoms with Crippen molar-refractivity contribution < 1.29 is 4.79 Å². The Hall–Kier alpha value is -0.460. The minimum Gasteiger partial charge on any atom is -0.243 e. The molecule has 0 saturated carbocycles. The predicted octanol–water partition coefficient (Wildman–Crippen LogP) is 2.71. The number of hydrogen-bond donors (Lipinski definition) is 0. The topological polar surface area (TPSA) is 17.1 Å². The number of carbonyl (C=O) groups excluding carboxylic acids is 1. The summed E-state index contributed by atoms with van der Waals surface area (Å²) in [5.74, 6) is 0.974. The largest absolute Gasteiger partial charge is 0.309 e. The fourth-order valence-corrected chi connectivity index (χ4v) is 1.09. The van der Waals surface area contributed by atoms with Crippen molar-refractivity contribution in [1.82, 2.24) is 0 Å². The first-order valence-corrected chi connectivity index (χ1v) is 4.16. The maximum absolute atomic E-state index is 11.1. The molecule has 0 aliphatic rings. The van der Waals surface area contributed by atoms with Crippen LogP contribution in [0.3, 0.4) is 0 Å². The summed E-state index contributed by atoms with van der Waals surface area (Å²) >= 11 is 0. The van der Waals surface area contributed by atoms with Crippen LogP contribution in [0, 0.1) is 24.2 Å². The molecule has 1 atom stereocenters. The van der Waals surface area contributed by atoms with E-state index >= 15 is 0 Å². The minimum atomic E-state index is -0.270. The van der Waals surface area contributed by atoms with E-state index in [4.69, 9.17) is 0 Å². The van der Waals surface area contributed by atoms with Gasteiger partial charge in [0.15, 0.2) is 0 Å². The van der Waals surface area contributed by atoms with Crippen molar-refractivity contribution in [3.05, 3.63) is 6.92 Å². The summed E-state index contributed by atoms with van der Waals surface area (Å²) in [6, 6.07) is 0. The first-order valence-electron chi connectivity index (χ1n) is 4.16. The van der Waals surface area contributed by atoms with E-state index in [0.29, 0.717) is 11.8 Å². The standard InChI is InChI=1S/C10H19O/c1-7(2)8(3)10(5,6)9(4)11/h7-8H,4H2,1-3,5-6H3/q+1. The van der Waals surface area contributed by atoms with Crippen molar-refractivity contribution in [2.24, 2.45) is 17.3 Å². The molecule has 0 saturated heterocycles. The number of hydrogen-bond acceptors (Lipinski definition) is 1. The van der Waals surface area contributed by atoms with Crippen molar-refractivity contribution in [3.8, 4) is 0 Å². The van der Waals surface area contributed by atoms with Gasteiger partial charge in [-0.3, -0.25) is 0 Å². The van der Waals surface area contributed by atoms with Crippen LogP contribution >= 0.6 is 0 Å². The van der Waals surface area contributed by atoms with Crippen molar-refractivity contribution >= 4 is 5.78 Å². The Balaban J connectivity index is 4.42. The molecular weight excluding hydrogens is 136 g/mol. The SMILES string of the molecule is [CH2+]C(=O)C(C)(C)C(C)C(C)C. The molecule has 1 heteroatoms. The van der Waals surface area contributed by atoms with Crippen LogP contribution in [-0.2, 0) is 4.79 Å². The van der Waals surface area contributed by atoms with Gasteiger partial charge in [-0.15, -0.1) is 0 Å². The van der Waals surface area contributed by atoms with Crippen molar-refractivity contribution in [2.75, 3.05) is 0 Å². The van der Waals surface area contributed by atoms with Gasteiger partial charge in [-0.1, -0.05) is 20.8 Å². The fraction of sp³-hybridized carbons (Fsp3) is 0.800. The molecule has 0 N–H and O–H groups in total. The van der Waals surface area contributed by atoms with Crippen LogP contribution < -0.4 is 0 Å². The minimum absolute atomic E-state index is 0.0405. The Labute approximate surface area is 70.2 Å². The van der Waals surface area contributed by atoms with Crippen LogP contribution in [-0.4, -0.2) is 5.78 Å². The normalized spacial score (nSPS) is 15.1. The molecule has 1 unspecified atom stereocenters. The second-order valence-electron chi connectivity index (χ2n) is 4.18. The van der Waals surface area contributed by atoms with Gasteiger partial charge in [0.2, 0.25) is 0 Å². The third kappa shape index (κ3) is 2.25. The highest BCUT2D eigenvalue weighted by molar-refractivity contribution is 5.88. The van der Waals surface area contributed by atoms with E-state index < -0.39 is 0 Å². The fourth-order valence-electron chi connectivity index (χ4n) is 1.09. The molecule has 0 spiro atoms. The zero-order chi connectivity index (χ0) is 9.23. The summed E-state index contributed by atoms with van der Waals surface area (Å²) in [5.41, 5.74) is -0.270. The molecule has 11 heavy (non-hydrogen) atoms. The molecule has 0 rings (SSSR count). The molecule has 0 radical (unpaired) electrons. The molecule has 0 aliphatic heterocycles. The Morgan fingerprint density at radius 3 is 1.73 bits per heavy atom. The maximum atomic E-state index is 11.1. The van der Waals surface area contributed by atoms with Crippen molar-refractivity contribution in [2.45, 2.75) is 34.6 Å². The van der Waals surface area contributed by atoms with E-state index in [0.717, 1.165) is 0 Å². The number of ketones is 1. The Morgan fingerprint density at radius 1 is 1.27 bits per heavy atom. The average Bonchev–Trinajstić information content (AvgIpc) is 1.85. The van der Waals surface area contributed by atoms with Gasteiger partial charge >= 0.3 is 5.78 Å². The van der Waals surface area contributed by atoms with Gasteiger partial charge in [0.1, 0.15) is 6.92 Å². The zero-order valence-corrected chi connectivity index (χ0v) is 8.27. The molecule has 1 nitrogen and oxygen atoms in total. The molecule has 0 aromatic heterocycles. The highest BCUT2D eigenvalue weighted by Gasteiger charge is 2.36. The third-order valence-corrected chi connectivity index (χ3v) is 2.86. The Morgan fingerprint density at radius 2 is 1.64 bits per heavy atom. The quantitative estimate of drug-likeness (QED) is 0.573. The van der Waals surface area contributed by atoms with Gasteiger partial charge in [-0.25, -0.2) is 4.79 Å². The van der Waals surface area contributed by atoms with E-state index in [9.17, 15) is 4.79 Å². The molecule has 0 aliphatic carbocycles. The summed E-state index contributed by atoms with van der Waals surface area (Å²) in [6.45, 7) is 13.8. The number of carbonyl (C=O) groups is 1. The molecule has 0 bridgehead atoms. The van der Waals surface area contributed by atoms with Crippen LogP contribution in [0.2, 0.25) is 0 Å². The second kappa shape index (κ2) is 3.29. The first kappa shape index (κ1) is 10.5.